The SMILES string of the molecule is COc1cc2c(c(C)c1C)O[C@@](C)(C(=O)O)C=C2. The van der Waals surface area contributed by atoms with Gasteiger partial charge in [-0.05, 0) is 44.0 Å². The van der Waals surface area contributed by atoms with Crippen LogP contribution in [0.2, 0.25) is 0 Å². The molecule has 4 nitrogen and oxygen atoms in total. The van der Waals surface area contributed by atoms with E-state index in [0.29, 0.717) is 5.75 Å². The maximum absolute atomic E-state index is 11.2. The zero-order valence-electron chi connectivity index (χ0n) is 10.9. The highest BCUT2D eigenvalue weighted by Crippen LogP contribution is 2.39. The van der Waals surface area contributed by atoms with Crippen LogP contribution in [0.1, 0.15) is 23.6 Å². The molecular weight excluding hydrogens is 232 g/mol. The van der Waals surface area contributed by atoms with Gasteiger partial charge in [0.05, 0.1) is 7.11 Å². The third kappa shape index (κ3) is 1.74. The fourth-order valence-corrected chi connectivity index (χ4v) is 1.97. The van der Waals surface area contributed by atoms with Crippen LogP contribution in [0.4, 0.5) is 0 Å². The van der Waals surface area contributed by atoms with E-state index in [4.69, 9.17) is 9.47 Å². The molecule has 1 aromatic rings. The molecule has 0 spiro atoms. The molecule has 0 radical (unpaired) electrons. The minimum atomic E-state index is -1.31. The zero-order chi connectivity index (χ0) is 13.5. The molecule has 0 unspecified atom stereocenters. The van der Waals surface area contributed by atoms with Gasteiger partial charge in [0.2, 0.25) is 5.60 Å². The Morgan fingerprint density at radius 1 is 1.39 bits per heavy atom. The predicted octanol–water partition coefficient (Wildman–Crippen LogP) is 2.56. The Labute approximate surface area is 106 Å². The Morgan fingerprint density at radius 2 is 2.06 bits per heavy atom. The van der Waals surface area contributed by atoms with E-state index in [-0.39, 0.29) is 0 Å². The summed E-state index contributed by atoms with van der Waals surface area (Å²) in [5, 5.41) is 9.18. The molecule has 0 amide bonds. The molecule has 1 aliphatic heterocycles. The minimum Gasteiger partial charge on any atom is -0.496 e. The lowest BCUT2D eigenvalue weighted by Crippen LogP contribution is -2.41. The third-order valence-corrected chi connectivity index (χ3v) is 3.36. The number of carboxylic acids is 1. The van der Waals surface area contributed by atoms with Gasteiger partial charge >= 0.3 is 5.97 Å². The summed E-state index contributed by atoms with van der Waals surface area (Å²) in [6, 6.07) is 1.86. The molecule has 1 aromatic carbocycles. The van der Waals surface area contributed by atoms with Gasteiger partial charge in [0.25, 0.3) is 0 Å². The summed E-state index contributed by atoms with van der Waals surface area (Å²) in [6.07, 6.45) is 3.31. The van der Waals surface area contributed by atoms with E-state index in [9.17, 15) is 9.90 Å². The number of methoxy groups -OCH3 is 1. The molecule has 96 valence electrons. The molecule has 1 heterocycles. The van der Waals surface area contributed by atoms with Crippen LogP contribution in [0.3, 0.4) is 0 Å². The minimum absolute atomic E-state index is 0.612. The Bertz CT molecular complexity index is 545. The van der Waals surface area contributed by atoms with Crippen molar-refractivity contribution in [3.05, 3.63) is 28.8 Å². The number of carbonyl (C=O) groups is 1. The van der Waals surface area contributed by atoms with Crippen molar-refractivity contribution < 1.29 is 19.4 Å². The number of hydrogen-bond acceptors (Lipinski definition) is 3. The van der Waals surface area contributed by atoms with Crippen LogP contribution in [-0.2, 0) is 4.79 Å². The smallest absolute Gasteiger partial charge is 0.351 e. The zero-order valence-corrected chi connectivity index (χ0v) is 10.9. The summed E-state index contributed by atoms with van der Waals surface area (Å²) < 4.78 is 10.9. The van der Waals surface area contributed by atoms with Gasteiger partial charge in [0.1, 0.15) is 11.5 Å². The van der Waals surface area contributed by atoms with E-state index in [1.807, 2.05) is 19.9 Å². The van der Waals surface area contributed by atoms with Gasteiger partial charge in [-0.25, -0.2) is 4.79 Å². The maximum Gasteiger partial charge on any atom is 0.351 e. The molecule has 0 aliphatic carbocycles. The van der Waals surface area contributed by atoms with Gasteiger partial charge in [0.15, 0.2) is 0 Å². The second kappa shape index (κ2) is 4.05. The summed E-state index contributed by atoms with van der Waals surface area (Å²) in [5.41, 5.74) is 1.40. The molecule has 1 atom stereocenters. The van der Waals surface area contributed by atoms with Gasteiger partial charge in [-0.1, -0.05) is 6.08 Å². The van der Waals surface area contributed by atoms with Crippen LogP contribution in [0.25, 0.3) is 6.08 Å². The standard InChI is InChI=1S/C14H16O4/c1-8-9(2)12-10(7-11(8)17-4)5-6-14(3,18-12)13(15)16/h5-7H,1-4H3,(H,15,16)/t14-/m1/s1. The van der Waals surface area contributed by atoms with Crippen molar-refractivity contribution in [2.75, 3.05) is 7.11 Å². The first-order valence-corrected chi connectivity index (χ1v) is 5.69. The quantitative estimate of drug-likeness (QED) is 0.873. The first-order chi connectivity index (χ1) is 8.39. The molecule has 0 bridgehead atoms. The predicted molar refractivity (Wildman–Crippen MR) is 68.2 cm³/mol. The normalized spacial score (nSPS) is 21.1. The van der Waals surface area contributed by atoms with Crippen molar-refractivity contribution in [1.82, 2.24) is 0 Å². The van der Waals surface area contributed by atoms with Crippen LogP contribution in [-0.4, -0.2) is 23.8 Å². The second-order valence-electron chi connectivity index (χ2n) is 4.59. The van der Waals surface area contributed by atoms with Gasteiger partial charge in [-0.2, -0.15) is 0 Å². The lowest BCUT2D eigenvalue weighted by atomic mass is 9.96. The number of fused-ring (bicyclic) bond motifs is 1. The first kappa shape index (κ1) is 12.5. The fourth-order valence-electron chi connectivity index (χ4n) is 1.97. The largest absolute Gasteiger partial charge is 0.496 e. The average Bonchev–Trinajstić information content (AvgIpc) is 2.34. The van der Waals surface area contributed by atoms with E-state index >= 15 is 0 Å². The van der Waals surface area contributed by atoms with Gasteiger partial charge in [-0.15, -0.1) is 0 Å². The van der Waals surface area contributed by atoms with Crippen LogP contribution in [0, 0.1) is 13.8 Å². The van der Waals surface area contributed by atoms with E-state index < -0.39 is 11.6 Å². The van der Waals surface area contributed by atoms with Crippen molar-refractivity contribution in [2.24, 2.45) is 0 Å². The summed E-state index contributed by atoms with van der Waals surface area (Å²) in [6.45, 7) is 5.36. The van der Waals surface area contributed by atoms with Crippen LogP contribution in [0.5, 0.6) is 11.5 Å². The number of rotatable bonds is 2. The Hall–Kier alpha value is -1.97. The van der Waals surface area contributed by atoms with Crippen LogP contribution >= 0.6 is 0 Å². The number of hydrogen-bond donors (Lipinski definition) is 1. The fraction of sp³-hybridized carbons (Fsp3) is 0.357. The lowest BCUT2D eigenvalue weighted by molar-refractivity contribution is -0.149. The maximum atomic E-state index is 11.2. The Morgan fingerprint density at radius 3 is 2.61 bits per heavy atom. The summed E-state index contributed by atoms with van der Waals surface area (Å²) in [5.74, 6) is 0.386. The highest BCUT2D eigenvalue weighted by Gasteiger charge is 2.36. The topological polar surface area (TPSA) is 55.8 Å². The van der Waals surface area contributed by atoms with Crippen LogP contribution < -0.4 is 9.47 Å². The van der Waals surface area contributed by atoms with Gasteiger partial charge in [-0.3, -0.25) is 0 Å². The number of carboxylic acid groups (broad SMARTS) is 1. The molecule has 18 heavy (non-hydrogen) atoms. The summed E-state index contributed by atoms with van der Waals surface area (Å²) >= 11 is 0. The molecule has 1 aliphatic rings. The first-order valence-electron chi connectivity index (χ1n) is 5.69. The highest BCUT2D eigenvalue weighted by molar-refractivity contribution is 5.84. The Balaban J connectivity index is 2.58. The molecule has 4 heteroatoms. The van der Waals surface area contributed by atoms with E-state index in [2.05, 4.69) is 0 Å². The molecule has 2 rings (SSSR count). The molecule has 0 saturated carbocycles. The van der Waals surface area contributed by atoms with E-state index in [0.717, 1.165) is 22.4 Å². The molecule has 0 aromatic heterocycles. The van der Waals surface area contributed by atoms with Crippen molar-refractivity contribution in [3.63, 3.8) is 0 Å². The van der Waals surface area contributed by atoms with Gasteiger partial charge in [0, 0.05) is 5.56 Å². The highest BCUT2D eigenvalue weighted by atomic mass is 16.5. The van der Waals surface area contributed by atoms with Crippen molar-refractivity contribution in [3.8, 4) is 11.5 Å². The summed E-state index contributed by atoms with van der Waals surface area (Å²) in [7, 11) is 1.61. The van der Waals surface area contributed by atoms with Crippen molar-refractivity contribution in [2.45, 2.75) is 26.4 Å². The van der Waals surface area contributed by atoms with E-state index in [1.165, 1.54) is 6.92 Å². The van der Waals surface area contributed by atoms with Crippen LogP contribution in [0.15, 0.2) is 12.1 Å². The molecule has 1 N–H and O–H groups in total. The molecule has 0 fully saturated rings. The van der Waals surface area contributed by atoms with Crippen molar-refractivity contribution >= 4 is 12.0 Å². The second-order valence-corrected chi connectivity index (χ2v) is 4.59. The number of ether oxygens (including phenoxy) is 2. The summed E-state index contributed by atoms with van der Waals surface area (Å²) in [4.78, 5) is 11.2. The molecule has 0 saturated heterocycles. The number of benzene rings is 1. The average molecular weight is 248 g/mol. The third-order valence-electron chi connectivity index (χ3n) is 3.36. The Kier molecular flexibility index (Phi) is 2.81. The monoisotopic (exact) mass is 248 g/mol. The lowest BCUT2D eigenvalue weighted by Gasteiger charge is -2.29. The van der Waals surface area contributed by atoms with Crippen molar-refractivity contribution in [1.29, 1.82) is 0 Å². The van der Waals surface area contributed by atoms with E-state index in [1.54, 1.807) is 19.3 Å². The van der Waals surface area contributed by atoms with Gasteiger partial charge < -0.3 is 14.6 Å². The molecular formula is C14H16O4. The number of aliphatic carboxylic acids is 1.